The van der Waals surface area contributed by atoms with E-state index in [1.54, 1.807) is 24.0 Å². The molecule has 1 N–H and O–H groups in total. The van der Waals surface area contributed by atoms with Crippen molar-refractivity contribution in [3.05, 3.63) is 65.0 Å². The fraction of sp³-hybridized carbons (Fsp3) is 0.500. The molecule has 2 aromatic carbocycles. The topological polar surface area (TPSA) is 67.9 Å². The van der Waals surface area contributed by atoms with Gasteiger partial charge in [-0.05, 0) is 55.5 Å². The monoisotopic (exact) mass is 480 g/mol. The van der Waals surface area contributed by atoms with E-state index in [9.17, 15) is 14.0 Å². The highest BCUT2D eigenvalue weighted by Crippen LogP contribution is 2.45. The molecule has 0 radical (unpaired) electrons. The normalized spacial score (nSPS) is 26.4. The van der Waals surface area contributed by atoms with Crippen molar-refractivity contribution in [1.82, 2.24) is 4.90 Å². The molecule has 2 heterocycles. The molecule has 4 unspecified atom stereocenters. The van der Waals surface area contributed by atoms with Crippen LogP contribution in [0.5, 0.6) is 0 Å². The van der Waals surface area contributed by atoms with E-state index in [1.165, 1.54) is 38.9 Å². The summed E-state index contributed by atoms with van der Waals surface area (Å²) in [5.41, 5.74) is 2.48. The second-order valence-electron chi connectivity index (χ2n) is 10.1. The SMILES string of the molecule is COC(=O)C1CC2COCC2N(C(=O)c2c(C)cccc2F)C1c1ccc(NC2CCCC2)cc1. The Bertz CT molecular complexity index is 1060. The molecular formula is C28H33FN2O4. The lowest BCUT2D eigenvalue weighted by atomic mass is 9.76. The number of nitrogens with zero attached hydrogens (tertiary/aromatic N) is 1. The number of esters is 1. The summed E-state index contributed by atoms with van der Waals surface area (Å²) in [6.45, 7) is 2.57. The summed E-state index contributed by atoms with van der Waals surface area (Å²) in [5, 5.41) is 3.59. The van der Waals surface area contributed by atoms with E-state index in [0.717, 1.165) is 11.3 Å². The van der Waals surface area contributed by atoms with Crippen molar-refractivity contribution in [3.8, 4) is 0 Å². The summed E-state index contributed by atoms with van der Waals surface area (Å²) >= 11 is 0. The minimum Gasteiger partial charge on any atom is -0.469 e. The van der Waals surface area contributed by atoms with Crippen molar-refractivity contribution in [1.29, 1.82) is 0 Å². The van der Waals surface area contributed by atoms with Crippen molar-refractivity contribution in [2.45, 2.75) is 57.2 Å². The van der Waals surface area contributed by atoms with Crippen molar-refractivity contribution < 1.29 is 23.5 Å². The molecule has 0 bridgehead atoms. The first-order chi connectivity index (χ1) is 17.0. The predicted molar refractivity (Wildman–Crippen MR) is 131 cm³/mol. The number of rotatable bonds is 5. The third kappa shape index (κ3) is 4.54. The first-order valence-corrected chi connectivity index (χ1v) is 12.6. The van der Waals surface area contributed by atoms with Gasteiger partial charge in [0.2, 0.25) is 0 Å². The molecule has 3 fully saturated rings. The smallest absolute Gasteiger partial charge is 0.311 e. The molecular weight excluding hydrogens is 447 g/mol. The lowest BCUT2D eigenvalue weighted by Gasteiger charge is -2.46. The highest BCUT2D eigenvalue weighted by molar-refractivity contribution is 5.97. The number of halogens is 1. The van der Waals surface area contributed by atoms with Crippen LogP contribution < -0.4 is 5.32 Å². The van der Waals surface area contributed by atoms with Crippen LogP contribution in [-0.2, 0) is 14.3 Å². The van der Waals surface area contributed by atoms with Crippen LogP contribution in [0.2, 0.25) is 0 Å². The molecule has 1 amide bonds. The fourth-order valence-corrected chi connectivity index (χ4v) is 6.14. The number of carbonyl (C=O) groups excluding carboxylic acids is 2. The van der Waals surface area contributed by atoms with Crippen LogP contribution in [0.4, 0.5) is 10.1 Å². The lowest BCUT2D eigenvalue weighted by molar-refractivity contribution is -0.151. The molecule has 6 nitrogen and oxygen atoms in total. The minimum atomic E-state index is -0.572. The van der Waals surface area contributed by atoms with Crippen LogP contribution in [-0.4, -0.2) is 49.2 Å². The number of nitrogens with one attached hydrogen (secondary N) is 1. The average molecular weight is 481 g/mol. The first-order valence-electron chi connectivity index (χ1n) is 12.6. The van der Waals surface area contributed by atoms with Gasteiger partial charge in [-0.25, -0.2) is 4.39 Å². The molecule has 2 aromatic rings. The molecule has 7 heteroatoms. The van der Waals surface area contributed by atoms with Gasteiger partial charge < -0.3 is 19.7 Å². The van der Waals surface area contributed by atoms with E-state index in [4.69, 9.17) is 9.47 Å². The van der Waals surface area contributed by atoms with Crippen LogP contribution in [0.25, 0.3) is 0 Å². The first kappa shape index (κ1) is 23.8. The molecule has 0 aromatic heterocycles. The zero-order chi connectivity index (χ0) is 24.5. The number of hydrogen-bond donors (Lipinski definition) is 1. The zero-order valence-electron chi connectivity index (χ0n) is 20.3. The molecule has 0 spiro atoms. The predicted octanol–water partition coefficient (Wildman–Crippen LogP) is 4.88. The number of methoxy groups -OCH3 is 1. The molecule has 1 aliphatic carbocycles. The summed E-state index contributed by atoms with van der Waals surface area (Å²) in [4.78, 5) is 28.7. The lowest BCUT2D eigenvalue weighted by Crippen LogP contribution is -2.55. The number of likely N-dealkylation sites (tertiary alicyclic amines) is 1. The summed E-state index contributed by atoms with van der Waals surface area (Å²) < 4.78 is 25.9. The summed E-state index contributed by atoms with van der Waals surface area (Å²) in [5.74, 6) is -1.90. The van der Waals surface area contributed by atoms with Gasteiger partial charge in [-0.2, -0.15) is 0 Å². The maximum absolute atomic E-state index is 14.9. The molecule has 4 atom stereocenters. The van der Waals surface area contributed by atoms with Crippen LogP contribution >= 0.6 is 0 Å². The van der Waals surface area contributed by atoms with Gasteiger partial charge in [-0.3, -0.25) is 9.59 Å². The number of fused-ring (bicyclic) bond motifs is 1. The number of anilines is 1. The maximum Gasteiger partial charge on any atom is 0.311 e. The number of piperidine rings is 1. The number of hydrogen-bond acceptors (Lipinski definition) is 5. The van der Waals surface area contributed by atoms with Crippen molar-refractivity contribution in [2.24, 2.45) is 11.8 Å². The highest BCUT2D eigenvalue weighted by atomic mass is 19.1. The quantitative estimate of drug-likeness (QED) is 0.618. The number of aryl methyl sites for hydroxylation is 1. The largest absolute Gasteiger partial charge is 0.469 e. The summed E-state index contributed by atoms with van der Waals surface area (Å²) in [6.07, 6.45) is 5.39. The zero-order valence-corrected chi connectivity index (χ0v) is 20.3. The summed E-state index contributed by atoms with van der Waals surface area (Å²) in [7, 11) is 1.37. The van der Waals surface area contributed by atoms with Gasteiger partial charge >= 0.3 is 5.97 Å². The summed E-state index contributed by atoms with van der Waals surface area (Å²) in [6, 6.07) is 12.3. The van der Waals surface area contributed by atoms with Crippen LogP contribution in [0.3, 0.4) is 0 Å². The van der Waals surface area contributed by atoms with Crippen LogP contribution in [0.1, 0.15) is 59.6 Å². The second kappa shape index (κ2) is 9.97. The molecule has 2 aliphatic heterocycles. The van der Waals surface area contributed by atoms with Crippen LogP contribution in [0.15, 0.2) is 42.5 Å². The Kier molecular flexibility index (Phi) is 6.78. The van der Waals surface area contributed by atoms with Crippen molar-refractivity contribution in [2.75, 3.05) is 25.6 Å². The van der Waals surface area contributed by atoms with E-state index >= 15 is 0 Å². The van der Waals surface area contributed by atoms with E-state index in [0.29, 0.717) is 31.2 Å². The Morgan fingerprint density at radius 1 is 1.09 bits per heavy atom. The molecule has 186 valence electrons. The van der Waals surface area contributed by atoms with E-state index in [2.05, 4.69) is 5.32 Å². The Morgan fingerprint density at radius 3 is 2.51 bits per heavy atom. The van der Waals surface area contributed by atoms with E-state index in [-0.39, 0.29) is 23.5 Å². The van der Waals surface area contributed by atoms with Gasteiger partial charge in [0, 0.05) is 17.6 Å². The van der Waals surface area contributed by atoms with E-state index in [1.807, 2.05) is 24.3 Å². The standard InChI is InChI=1S/C28H33FN2O4/c1-17-6-5-9-23(29)25(17)27(32)31-24-16-35-15-19(24)14-22(28(33)34-2)26(31)18-10-12-21(13-11-18)30-20-7-3-4-8-20/h5-6,9-13,19-20,22,24,26,30H,3-4,7-8,14-16H2,1-2H3. The molecule has 5 rings (SSSR count). The van der Waals surface area contributed by atoms with Gasteiger partial charge in [0.25, 0.3) is 5.91 Å². The van der Waals surface area contributed by atoms with Gasteiger partial charge in [0.1, 0.15) is 5.82 Å². The number of ether oxygens (including phenoxy) is 2. The molecule has 2 saturated heterocycles. The third-order valence-corrected chi connectivity index (χ3v) is 7.91. The van der Waals surface area contributed by atoms with Gasteiger partial charge in [-0.1, -0.05) is 37.1 Å². The molecule has 1 saturated carbocycles. The Morgan fingerprint density at radius 2 is 1.83 bits per heavy atom. The third-order valence-electron chi connectivity index (χ3n) is 7.91. The Balaban J connectivity index is 1.54. The fourth-order valence-electron chi connectivity index (χ4n) is 6.14. The van der Waals surface area contributed by atoms with Crippen molar-refractivity contribution >= 4 is 17.6 Å². The minimum absolute atomic E-state index is 0.00492. The number of amides is 1. The van der Waals surface area contributed by atoms with Crippen LogP contribution in [0, 0.1) is 24.6 Å². The van der Waals surface area contributed by atoms with Crippen molar-refractivity contribution in [3.63, 3.8) is 0 Å². The van der Waals surface area contributed by atoms with E-state index < -0.39 is 23.7 Å². The second-order valence-corrected chi connectivity index (χ2v) is 10.1. The van der Waals surface area contributed by atoms with Gasteiger partial charge in [-0.15, -0.1) is 0 Å². The van der Waals surface area contributed by atoms with Gasteiger partial charge in [0.05, 0.1) is 43.9 Å². The maximum atomic E-state index is 14.9. The van der Waals surface area contributed by atoms with Gasteiger partial charge in [0.15, 0.2) is 0 Å². The number of carbonyl (C=O) groups is 2. The highest BCUT2D eigenvalue weighted by Gasteiger charge is 2.51. The molecule has 35 heavy (non-hydrogen) atoms. The average Bonchev–Trinajstić information content (AvgIpc) is 3.54. The Hall–Kier alpha value is -2.93. The number of benzene rings is 2. The Labute approximate surface area is 205 Å². The molecule has 3 aliphatic rings.